The molecule has 5 heteroatoms. The van der Waals surface area contributed by atoms with Gasteiger partial charge in [-0.25, -0.2) is 8.42 Å². The molecule has 0 saturated heterocycles. The lowest BCUT2D eigenvalue weighted by molar-refractivity contribution is 0.217. The summed E-state index contributed by atoms with van der Waals surface area (Å²) in [6.45, 7) is 5.01. The van der Waals surface area contributed by atoms with Crippen LogP contribution in [-0.4, -0.2) is 46.2 Å². The van der Waals surface area contributed by atoms with Crippen LogP contribution in [0.1, 0.15) is 26.7 Å². The summed E-state index contributed by atoms with van der Waals surface area (Å²) in [4.78, 5) is 0. The minimum Gasteiger partial charge on any atom is -0.384 e. The molecule has 0 radical (unpaired) electrons. The van der Waals surface area contributed by atoms with Crippen LogP contribution in [0.2, 0.25) is 0 Å². The molecule has 0 heterocycles. The Hall–Kier alpha value is -0.130. The first kappa shape index (κ1) is 14.9. The molecule has 1 atom stereocenters. The third-order valence-electron chi connectivity index (χ3n) is 2.23. The van der Waals surface area contributed by atoms with Crippen LogP contribution in [-0.2, 0) is 14.6 Å². The molecule has 15 heavy (non-hydrogen) atoms. The first-order valence-corrected chi connectivity index (χ1v) is 7.26. The molecular weight excluding hydrogens is 214 g/mol. The fourth-order valence-corrected chi connectivity index (χ4v) is 2.36. The van der Waals surface area contributed by atoms with E-state index in [1.807, 2.05) is 0 Å². The number of hydrogen-bond acceptors (Lipinski definition) is 4. The first-order valence-electron chi connectivity index (χ1n) is 5.44. The highest BCUT2D eigenvalue weighted by molar-refractivity contribution is 7.91. The SMILES string of the molecule is CCCC(C)NCCS(=O)(=O)CCOC. The smallest absolute Gasteiger partial charge is 0.153 e. The Labute approximate surface area is 93.3 Å². The maximum absolute atomic E-state index is 11.4. The van der Waals surface area contributed by atoms with Crippen LogP contribution in [0.4, 0.5) is 0 Å². The molecule has 4 nitrogen and oxygen atoms in total. The van der Waals surface area contributed by atoms with Crippen LogP contribution >= 0.6 is 0 Å². The van der Waals surface area contributed by atoms with Gasteiger partial charge >= 0.3 is 0 Å². The van der Waals surface area contributed by atoms with Gasteiger partial charge in [0.2, 0.25) is 0 Å². The van der Waals surface area contributed by atoms with Gasteiger partial charge in [-0.1, -0.05) is 13.3 Å². The second-order valence-corrected chi connectivity index (χ2v) is 6.09. The summed E-state index contributed by atoms with van der Waals surface area (Å²) in [5, 5.41) is 3.20. The summed E-state index contributed by atoms with van der Waals surface area (Å²) in [5.41, 5.74) is 0. The largest absolute Gasteiger partial charge is 0.384 e. The van der Waals surface area contributed by atoms with E-state index >= 15 is 0 Å². The fourth-order valence-electron chi connectivity index (χ4n) is 1.31. The number of rotatable bonds is 9. The number of sulfone groups is 1. The van der Waals surface area contributed by atoms with Crippen LogP contribution in [0.3, 0.4) is 0 Å². The van der Waals surface area contributed by atoms with E-state index in [0.717, 1.165) is 12.8 Å². The van der Waals surface area contributed by atoms with Crippen LogP contribution in [0.15, 0.2) is 0 Å². The minimum absolute atomic E-state index is 0.118. The summed E-state index contributed by atoms with van der Waals surface area (Å²) >= 11 is 0. The third-order valence-corrected chi connectivity index (χ3v) is 3.84. The molecular formula is C10H23NO3S. The predicted octanol–water partition coefficient (Wildman–Crippen LogP) is 0.826. The van der Waals surface area contributed by atoms with Gasteiger partial charge in [0, 0.05) is 19.7 Å². The Morgan fingerprint density at radius 3 is 2.53 bits per heavy atom. The Kier molecular flexibility index (Phi) is 8.00. The van der Waals surface area contributed by atoms with Crippen molar-refractivity contribution in [3.8, 4) is 0 Å². The average Bonchev–Trinajstić information content (AvgIpc) is 2.15. The lowest BCUT2D eigenvalue weighted by atomic mass is 10.2. The zero-order valence-corrected chi connectivity index (χ0v) is 10.8. The van der Waals surface area contributed by atoms with E-state index in [2.05, 4.69) is 19.2 Å². The number of methoxy groups -OCH3 is 1. The van der Waals surface area contributed by atoms with Crippen molar-refractivity contribution < 1.29 is 13.2 Å². The molecule has 0 aromatic carbocycles. The van der Waals surface area contributed by atoms with E-state index in [1.165, 1.54) is 7.11 Å². The van der Waals surface area contributed by atoms with Crippen LogP contribution in [0.5, 0.6) is 0 Å². The molecule has 0 amide bonds. The summed E-state index contributed by atoms with van der Waals surface area (Å²) in [5.74, 6) is 0.317. The molecule has 1 N–H and O–H groups in total. The van der Waals surface area contributed by atoms with Crippen molar-refractivity contribution in [2.45, 2.75) is 32.7 Å². The number of ether oxygens (including phenoxy) is 1. The van der Waals surface area contributed by atoms with Gasteiger partial charge in [0.05, 0.1) is 18.1 Å². The van der Waals surface area contributed by atoms with E-state index < -0.39 is 9.84 Å². The Morgan fingerprint density at radius 2 is 2.00 bits per heavy atom. The summed E-state index contributed by atoms with van der Waals surface area (Å²) in [6.07, 6.45) is 2.20. The molecule has 1 unspecified atom stereocenters. The van der Waals surface area contributed by atoms with Crippen LogP contribution in [0.25, 0.3) is 0 Å². The van der Waals surface area contributed by atoms with Gasteiger partial charge in [-0.3, -0.25) is 0 Å². The molecule has 0 aliphatic rings. The highest BCUT2D eigenvalue weighted by Gasteiger charge is 2.10. The van der Waals surface area contributed by atoms with Gasteiger partial charge in [-0.15, -0.1) is 0 Å². The van der Waals surface area contributed by atoms with Crippen molar-refractivity contribution in [1.82, 2.24) is 5.32 Å². The summed E-state index contributed by atoms with van der Waals surface area (Å²) in [7, 11) is -1.43. The van der Waals surface area contributed by atoms with Gasteiger partial charge in [0.1, 0.15) is 0 Å². The van der Waals surface area contributed by atoms with Gasteiger partial charge in [-0.2, -0.15) is 0 Å². The van der Waals surface area contributed by atoms with Crippen molar-refractivity contribution in [2.75, 3.05) is 31.8 Å². The second-order valence-electron chi connectivity index (χ2n) is 3.79. The normalized spacial score (nSPS) is 14.1. The van der Waals surface area contributed by atoms with Crippen LogP contribution in [0, 0.1) is 0 Å². The average molecular weight is 237 g/mol. The monoisotopic (exact) mass is 237 g/mol. The Bertz CT molecular complexity index is 239. The molecule has 0 saturated carbocycles. The lowest BCUT2D eigenvalue weighted by Gasteiger charge is -2.12. The predicted molar refractivity (Wildman–Crippen MR) is 62.9 cm³/mol. The molecule has 0 aliphatic carbocycles. The van der Waals surface area contributed by atoms with E-state index in [-0.39, 0.29) is 18.1 Å². The summed E-state index contributed by atoms with van der Waals surface area (Å²) in [6, 6.07) is 0.396. The number of hydrogen-bond donors (Lipinski definition) is 1. The molecule has 0 spiro atoms. The van der Waals surface area contributed by atoms with Gasteiger partial charge < -0.3 is 10.1 Å². The van der Waals surface area contributed by atoms with Crippen LogP contribution < -0.4 is 5.32 Å². The Balaban J connectivity index is 3.65. The highest BCUT2D eigenvalue weighted by Crippen LogP contribution is 1.95. The topological polar surface area (TPSA) is 55.4 Å². The summed E-state index contributed by atoms with van der Waals surface area (Å²) < 4.78 is 27.6. The number of nitrogens with one attached hydrogen (secondary N) is 1. The highest BCUT2D eigenvalue weighted by atomic mass is 32.2. The second kappa shape index (κ2) is 8.07. The minimum atomic E-state index is -2.94. The molecule has 0 aromatic rings. The van der Waals surface area contributed by atoms with E-state index in [0.29, 0.717) is 12.6 Å². The van der Waals surface area contributed by atoms with Crippen molar-refractivity contribution >= 4 is 9.84 Å². The van der Waals surface area contributed by atoms with Gasteiger partial charge in [-0.05, 0) is 13.3 Å². The molecule has 0 rings (SSSR count). The molecule has 0 fully saturated rings. The molecule has 0 aromatic heterocycles. The van der Waals surface area contributed by atoms with Crippen molar-refractivity contribution in [3.05, 3.63) is 0 Å². The van der Waals surface area contributed by atoms with E-state index in [1.54, 1.807) is 0 Å². The standard InChI is InChI=1S/C10H23NO3S/c1-4-5-10(2)11-6-8-15(12,13)9-7-14-3/h10-11H,4-9H2,1-3H3. The van der Waals surface area contributed by atoms with Crippen molar-refractivity contribution in [1.29, 1.82) is 0 Å². The molecule has 0 bridgehead atoms. The van der Waals surface area contributed by atoms with E-state index in [4.69, 9.17) is 4.74 Å². The molecule has 0 aliphatic heterocycles. The van der Waals surface area contributed by atoms with Gasteiger partial charge in [0.25, 0.3) is 0 Å². The fraction of sp³-hybridized carbons (Fsp3) is 1.00. The Morgan fingerprint density at radius 1 is 1.33 bits per heavy atom. The zero-order valence-electron chi connectivity index (χ0n) is 9.95. The van der Waals surface area contributed by atoms with E-state index in [9.17, 15) is 8.42 Å². The molecule has 92 valence electrons. The van der Waals surface area contributed by atoms with Crippen molar-refractivity contribution in [2.24, 2.45) is 0 Å². The maximum Gasteiger partial charge on any atom is 0.153 e. The maximum atomic E-state index is 11.4. The van der Waals surface area contributed by atoms with Gasteiger partial charge in [0.15, 0.2) is 9.84 Å². The third kappa shape index (κ3) is 8.84. The first-order chi connectivity index (χ1) is 7.02. The van der Waals surface area contributed by atoms with Crippen molar-refractivity contribution in [3.63, 3.8) is 0 Å². The quantitative estimate of drug-likeness (QED) is 0.645. The zero-order chi connectivity index (χ0) is 11.7. The lowest BCUT2D eigenvalue weighted by Crippen LogP contribution is -2.31.